The Labute approximate surface area is 222 Å². The SMILES string of the molecule is CC(C)(CCOC(=O)On1nnc2ccccc21)OCC(C)(N)OCCOC(=O)On1nnc2ccccc21. The first kappa shape index (κ1) is 27.7. The van der Waals surface area contributed by atoms with Crippen molar-refractivity contribution in [1.29, 1.82) is 0 Å². The molecule has 0 saturated carbocycles. The molecule has 2 aromatic heterocycles. The van der Waals surface area contributed by atoms with Crippen molar-refractivity contribution in [2.75, 3.05) is 26.4 Å². The Morgan fingerprint density at radius 1 is 0.769 bits per heavy atom. The highest BCUT2D eigenvalue weighted by atomic mass is 16.8. The number of nitrogens with zero attached hydrogens (tertiary/aromatic N) is 6. The number of fused-ring (bicyclic) bond motifs is 2. The molecule has 39 heavy (non-hydrogen) atoms. The highest BCUT2D eigenvalue weighted by molar-refractivity contribution is 5.75. The molecule has 2 heterocycles. The molecule has 1 atom stereocenters. The summed E-state index contributed by atoms with van der Waals surface area (Å²) in [6, 6.07) is 14.0. The summed E-state index contributed by atoms with van der Waals surface area (Å²) >= 11 is 0. The van der Waals surface area contributed by atoms with Crippen LogP contribution in [0.1, 0.15) is 27.2 Å². The lowest BCUT2D eigenvalue weighted by Gasteiger charge is -2.31. The summed E-state index contributed by atoms with van der Waals surface area (Å²) in [6.45, 7) is 5.18. The van der Waals surface area contributed by atoms with E-state index in [1.165, 1.54) is 0 Å². The number of para-hydroxylation sites is 2. The van der Waals surface area contributed by atoms with E-state index in [4.69, 9.17) is 34.4 Å². The van der Waals surface area contributed by atoms with Gasteiger partial charge in [-0.1, -0.05) is 34.0 Å². The second-order valence-electron chi connectivity index (χ2n) is 9.24. The third-order valence-electron chi connectivity index (χ3n) is 5.37. The van der Waals surface area contributed by atoms with Crippen LogP contribution in [-0.2, 0) is 18.9 Å². The molecule has 208 valence electrons. The Morgan fingerprint density at radius 2 is 1.28 bits per heavy atom. The van der Waals surface area contributed by atoms with Crippen molar-refractivity contribution in [3.05, 3.63) is 48.5 Å². The number of hydrogen-bond donors (Lipinski definition) is 1. The second-order valence-corrected chi connectivity index (χ2v) is 9.24. The first-order valence-corrected chi connectivity index (χ1v) is 12.0. The topological polar surface area (TPSA) is 177 Å². The fourth-order valence-electron chi connectivity index (χ4n) is 3.26. The van der Waals surface area contributed by atoms with Gasteiger partial charge < -0.3 is 24.7 Å². The Hall–Kier alpha value is -4.34. The smallest absolute Gasteiger partial charge is 0.433 e. The molecule has 0 fully saturated rings. The van der Waals surface area contributed by atoms with Crippen LogP contribution < -0.4 is 15.4 Å². The summed E-state index contributed by atoms with van der Waals surface area (Å²) in [5.41, 5.74) is 6.47. The molecule has 0 aliphatic heterocycles. The summed E-state index contributed by atoms with van der Waals surface area (Å²) in [5, 5.41) is 15.3. The van der Waals surface area contributed by atoms with Gasteiger partial charge in [-0.3, -0.25) is 9.68 Å². The van der Waals surface area contributed by atoms with E-state index in [-0.39, 0.29) is 26.4 Å². The molecule has 15 nitrogen and oxygen atoms in total. The molecule has 0 saturated heterocycles. The zero-order valence-corrected chi connectivity index (χ0v) is 21.7. The summed E-state index contributed by atoms with van der Waals surface area (Å²) in [5.74, 6) is 0. The van der Waals surface area contributed by atoms with Gasteiger partial charge in [0.2, 0.25) is 0 Å². The Kier molecular flexibility index (Phi) is 8.53. The van der Waals surface area contributed by atoms with E-state index < -0.39 is 23.6 Å². The normalized spacial score (nSPS) is 13.2. The minimum atomic E-state index is -1.18. The van der Waals surface area contributed by atoms with Crippen LogP contribution in [0.5, 0.6) is 0 Å². The van der Waals surface area contributed by atoms with Crippen molar-refractivity contribution in [1.82, 2.24) is 30.3 Å². The molecular formula is C24H29N7O8. The van der Waals surface area contributed by atoms with Crippen LogP contribution in [0.4, 0.5) is 9.59 Å². The number of hydrogen-bond acceptors (Lipinski definition) is 13. The van der Waals surface area contributed by atoms with Gasteiger partial charge in [0, 0.05) is 6.42 Å². The van der Waals surface area contributed by atoms with E-state index in [2.05, 4.69) is 20.6 Å². The van der Waals surface area contributed by atoms with Gasteiger partial charge in [0.15, 0.2) is 0 Å². The molecule has 2 aromatic carbocycles. The number of nitrogens with two attached hydrogens (primary N) is 1. The van der Waals surface area contributed by atoms with Crippen LogP contribution in [0.15, 0.2) is 48.5 Å². The van der Waals surface area contributed by atoms with Gasteiger partial charge >= 0.3 is 12.3 Å². The molecule has 0 aliphatic rings. The minimum absolute atomic E-state index is 0.00405. The molecule has 2 N–H and O–H groups in total. The molecule has 4 aromatic rings. The average Bonchev–Trinajstić information content (AvgIpc) is 3.50. The third-order valence-corrected chi connectivity index (χ3v) is 5.37. The number of rotatable bonds is 12. The first-order valence-electron chi connectivity index (χ1n) is 12.0. The lowest BCUT2D eigenvalue weighted by atomic mass is 10.1. The van der Waals surface area contributed by atoms with Crippen molar-refractivity contribution < 1.29 is 38.2 Å². The predicted molar refractivity (Wildman–Crippen MR) is 134 cm³/mol. The number of aromatic nitrogens is 6. The lowest BCUT2D eigenvalue weighted by Crippen LogP contribution is -2.47. The Balaban J connectivity index is 1.11. The van der Waals surface area contributed by atoms with Crippen molar-refractivity contribution in [2.45, 2.75) is 38.5 Å². The summed E-state index contributed by atoms with van der Waals surface area (Å²) in [6.07, 6.45) is -1.55. The third kappa shape index (κ3) is 7.83. The van der Waals surface area contributed by atoms with Gasteiger partial charge in [-0.15, -0.1) is 10.2 Å². The first-order chi connectivity index (χ1) is 18.6. The second kappa shape index (κ2) is 12.0. The quantitative estimate of drug-likeness (QED) is 0.119. The van der Waals surface area contributed by atoms with Gasteiger partial charge in [0.05, 0.1) is 25.4 Å². The Bertz CT molecular complexity index is 1420. The highest BCUT2D eigenvalue weighted by Crippen LogP contribution is 2.17. The fourth-order valence-corrected chi connectivity index (χ4v) is 3.26. The Morgan fingerprint density at radius 3 is 1.85 bits per heavy atom. The molecule has 4 rings (SSSR count). The van der Waals surface area contributed by atoms with Crippen LogP contribution in [0.2, 0.25) is 0 Å². The number of carbonyl (C=O) groups excluding carboxylic acids is 2. The van der Waals surface area contributed by atoms with Gasteiger partial charge in [-0.25, -0.2) is 9.59 Å². The van der Waals surface area contributed by atoms with Crippen LogP contribution in [0, 0.1) is 0 Å². The number of carbonyl (C=O) groups is 2. The van der Waals surface area contributed by atoms with Crippen LogP contribution in [0.3, 0.4) is 0 Å². The van der Waals surface area contributed by atoms with Crippen molar-refractivity contribution in [3.63, 3.8) is 0 Å². The molecule has 15 heteroatoms. The molecule has 0 spiro atoms. The monoisotopic (exact) mass is 543 g/mol. The molecule has 0 radical (unpaired) electrons. The molecule has 0 aliphatic carbocycles. The predicted octanol–water partition coefficient (Wildman–Crippen LogP) is 1.88. The van der Waals surface area contributed by atoms with Gasteiger partial charge in [0.25, 0.3) is 0 Å². The maximum atomic E-state index is 12.0. The maximum absolute atomic E-state index is 12.0. The maximum Gasteiger partial charge on any atom is 0.535 e. The summed E-state index contributed by atoms with van der Waals surface area (Å²) in [7, 11) is 0. The van der Waals surface area contributed by atoms with E-state index in [0.29, 0.717) is 28.5 Å². The molecule has 1 unspecified atom stereocenters. The van der Waals surface area contributed by atoms with E-state index in [1.54, 1.807) is 55.5 Å². The largest absolute Gasteiger partial charge is 0.535 e. The van der Waals surface area contributed by atoms with E-state index in [1.807, 2.05) is 13.8 Å². The lowest BCUT2D eigenvalue weighted by molar-refractivity contribution is -0.135. The van der Waals surface area contributed by atoms with Crippen LogP contribution >= 0.6 is 0 Å². The van der Waals surface area contributed by atoms with Crippen LogP contribution in [0.25, 0.3) is 22.1 Å². The number of benzene rings is 2. The van der Waals surface area contributed by atoms with Gasteiger partial charge in [-0.2, -0.15) is 0 Å². The zero-order chi connectivity index (χ0) is 27.9. The van der Waals surface area contributed by atoms with Crippen LogP contribution in [-0.4, -0.2) is 80.4 Å². The van der Waals surface area contributed by atoms with Crippen molar-refractivity contribution in [3.8, 4) is 0 Å². The number of ether oxygens (including phenoxy) is 4. The molecular weight excluding hydrogens is 514 g/mol. The molecule has 0 bridgehead atoms. The minimum Gasteiger partial charge on any atom is -0.433 e. The summed E-state index contributed by atoms with van der Waals surface area (Å²) < 4.78 is 21.6. The standard InChI is InChI=1S/C24H29N7O8/c1-23(2,12-13-34-21(32)38-30-19-10-6-4-8-17(19)26-28-30)37-16-24(3,25)36-15-14-35-22(33)39-31-20-11-7-5-9-18(20)27-29-31/h4-11H,12-16,25H2,1-3H3. The van der Waals surface area contributed by atoms with Crippen molar-refractivity contribution in [2.24, 2.45) is 5.73 Å². The van der Waals surface area contributed by atoms with Crippen molar-refractivity contribution >= 4 is 34.4 Å². The van der Waals surface area contributed by atoms with Gasteiger partial charge in [-0.05, 0) is 55.5 Å². The fraction of sp³-hybridized carbons (Fsp3) is 0.417. The van der Waals surface area contributed by atoms with E-state index in [0.717, 1.165) is 9.69 Å². The van der Waals surface area contributed by atoms with E-state index in [9.17, 15) is 9.59 Å². The average molecular weight is 544 g/mol. The van der Waals surface area contributed by atoms with E-state index >= 15 is 0 Å². The molecule has 0 amide bonds. The summed E-state index contributed by atoms with van der Waals surface area (Å²) in [4.78, 5) is 36.0. The highest BCUT2D eigenvalue weighted by Gasteiger charge is 2.27. The zero-order valence-electron chi connectivity index (χ0n) is 21.7. The van der Waals surface area contributed by atoms with Gasteiger partial charge in [0.1, 0.15) is 34.4 Å².